The molecule has 0 saturated carbocycles. The molecule has 0 atom stereocenters. The lowest BCUT2D eigenvalue weighted by Gasteiger charge is -2.22. The third-order valence-corrected chi connectivity index (χ3v) is 2.28. The summed E-state index contributed by atoms with van der Waals surface area (Å²) >= 11 is 0. The molecule has 0 aromatic carbocycles. The number of amides is 1. The van der Waals surface area contributed by atoms with Crippen molar-refractivity contribution in [2.45, 2.75) is 13.0 Å². The van der Waals surface area contributed by atoms with Crippen molar-refractivity contribution in [1.82, 2.24) is 14.5 Å². The Morgan fingerprint density at radius 3 is 3.25 bits per heavy atom. The van der Waals surface area contributed by atoms with Gasteiger partial charge in [-0.15, -0.1) is 0 Å². The highest BCUT2D eigenvalue weighted by atomic mass is 16.1. The van der Waals surface area contributed by atoms with Crippen molar-refractivity contribution in [3.63, 3.8) is 0 Å². The van der Waals surface area contributed by atoms with E-state index in [2.05, 4.69) is 4.98 Å². The normalized spacial score (nSPS) is 15.9. The first-order valence-corrected chi connectivity index (χ1v) is 3.99. The average molecular weight is 165 g/mol. The molecule has 64 valence electrons. The van der Waals surface area contributed by atoms with Crippen LogP contribution in [0.2, 0.25) is 0 Å². The van der Waals surface area contributed by atoms with Crippen LogP contribution in [-0.4, -0.2) is 27.4 Å². The summed E-state index contributed by atoms with van der Waals surface area (Å²) in [6.07, 6.45) is 3.59. The van der Waals surface area contributed by atoms with E-state index in [0.717, 1.165) is 30.8 Å². The van der Waals surface area contributed by atoms with Crippen LogP contribution in [-0.2, 0) is 24.8 Å². The van der Waals surface area contributed by atoms with E-state index >= 15 is 0 Å². The Morgan fingerprint density at radius 1 is 1.67 bits per heavy atom. The zero-order valence-electron chi connectivity index (χ0n) is 7.03. The van der Waals surface area contributed by atoms with Gasteiger partial charge in [-0.3, -0.25) is 4.79 Å². The van der Waals surface area contributed by atoms with Crippen LogP contribution in [0.15, 0.2) is 6.33 Å². The molecule has 0 unspecified atom stereocenters. The second-order valence-electron chi connectivity index (χ2n) is 3.07. The minimum Gasteiger partial charge on any atom is -0.339 e. The highest BCUT2D eigenvalue weighted by Crippen LogP contribution is 2.14. The maximum Gasteiger partial charge on any atom is 0.210 e. The van der Waals surface area contributed by atoms with Crippen LogP contribution in [0.4, 0.5) is 0 Å². The monoisotopic (exact) mass is 165 g/mol. The third-order valence-electron chi connectivity index (χ3n) is 2.28. The smallest absolute Gasteiger partial charge is 0.210 e. The number of fused-ring (bicyclic) bond motifs is 1. The quantitative estimate of drug-likeness (QED) is 0.546. The van der Waals surface area contributed by atoms with Gasteiger partial charge in [-0.05, 0) is 0 Å². The predicted octanol–water partition coefficient (Wildman–Crippen LogP) is -0.0654. The number of hydrogen-bond acceptors (Lipinski definition) is 2. The highest BCUT2D eigenvalue weighted by molar-refractivity contribution is 5.48. The van der Waals surface area contributed by atoms with E-state index in [1.807, 2.05) is 11.6 Å². The summed E-state index contributed by atoms with van der Waals surface area (Å²) in [7, 11) is 1.96. The standard InChI is InChI=1S/C8H11N3O/c1-10-5-9-7-2-3-11(6-12)4-8(7)10/h5-6H,2-4H2,1H3. The minimum absolute atomic E-state index is 0.704. The van der Waals surface area contributed by atoms with E-state index < -0.39 is 0 Å². The second kappa shape index (κ2) is 2.62. The lowest BCUT2D eigenvalue weighted by molar-refractivity contribution is -0.119. The number of nitrogens with zero attached hydrogens (tertiary/aromatic N) is 3. The zero-order chi connectivity index (χ0) is 8.55. The van der Waals surface area contributed by atoms with E-state index in [-0.39, 0.29) is 0 Å². The number of hydrogen-bond donors (Lipinski definition) is 0. The van der Waals surface area contributed by atoms with Gasteiger partial charge in [0, 0.05) is 20.0 Å². The van der Waals surface area contributed by atoms with Gasteiger partial charge >= 0.3 is 0 Å². The van der Waals surface area contributed by atoms with E-state index in [4.69, 9.17) is 0 Å². The Hall–Kier alpha value is -1.32. The van der Waals surface area contributed by atoms with Crippen LogP contribution < -0.4 is 0 Å². The van der Waals surface area contributed by atoms with Gasteiger partial charge in [0.05, 0.1) is 24.3 Å². The number of carbonyl (C=O) groups excluding carboxylic acids is 1. The number of aromatic nitrogens is 2. The molecule has 4 nitrogen and oxygen atoms in total. The van der Waals surface area contributed by atoms with Crippen LogP contribution in [0.25, 0.3) is 0 Å². The first-order valence-electron chi connectivity index (χ1n) is 3.99. The molecule has 4 heteroatoms. The number of imidazole rings is 1. The average Bonchev–Trinajstić information content (AvgIpc) is 2.47. The maximum absolute atomic E-state index is 10.5. The van der Waals surface area contributed by atoms with Crippen molar-refractivity contribution in [1.29, 1.82) is 0 Å². The van der Waals surface area contributed by atoms with Crippen LogP contribution in [0.1, 0.15) is 11.4 Å². The predicted molar refractivity (Wildman–Crippen MR) is 43.4 cm³/mol. The summed E-state index contributed by atoms with van der Waals surface area (Å²) in [4.78, 5) is 16.5. The maximum atomic E-state index is 10.5. The summed E-state index contributed by atoms with van der Waals surface area (Å²) < 4.78 is 1.98. The molecule has 1 amide bonds. The fraction of sp³-hybridized carbons (Fsp3) is 0.500. The SMILES string of the molecule is Cn1cnc2c1CN(C=O)CC2. The fourth-order valence-electron chi connectivity index (χ4n) is 1.53. The molecule has 1 aliphatic heterocycles. The van der Waals surface area contributed by atoms with E-state index in [1.54, 1.807) is 11.2 Å². The largest absolute Gasteiger partial charge is 0.339 e. The molecule has 2 rings (SSSR count). The van der Waals surface area contributed by atoms with Gasteiger partial charge in [-0.2, -0.15) is 0 Å². The minimum atomic E-state index is 0.704. The molecule has 0 saturated heterocycles. The summed E-state index contributed by atoms with van der Waals surface area (Å²) in [6.45, 7) is 1.50. The Labute approximate surface area is 70.8 Å². The van der Waals surface area contributed by atoms with Gasteiger partial charge in [0.25, 0.3) is 0 Å². The Bertz CT molecular complexity index is 305. The van der Waals surface area contributed by atoms with Crippen molar-refractivity contribution in [3.8, 4) is 0 Å². The molecular weight excluding hydrogens is 154 g/mol. The van der Waals surface area contributed by atoms with Crippen molar-refractivity contribution in [2.75, 3.05) is 6.54 Å². The molecule has 0 fully saturated rings. The Kier molecular flexibility index (Phi) is 1.60. The van der Waals surface area contributed by atoms with Gasteiger partial charge in [0.2, 0.25) is 6.41 Å². The number of rotatable bonds is 1. The highest BCUT2D eigenvalue weighted by Gasteiger charge is 2.17. The van der Waals surface area contributed by atoms with E-state index in [9.17, 15) is 4.79 Å². The van der Waals surface area contributed by atoms with Crippen molar-refractivity contribution < 1.29 is 4.79 Å². The molecular formula is C8H11N3O. The van der Waals surface area contributed by atoms with Crippen molar-refractivity contribution in [2.24, 2.45) is 7.05 Å². The first-order chi connectivity index (χ1) is 5.81. The molecule has 12 heavy (non-hydrogen) atoms. The van der Waals surface area contributed by atoms with E-state index in [0.29, 0.717) is 6.54 Å². The topological polar surface area (TPSA) is 38.1 Å². The van der Waals surface area contributed by atoms with Crippen LogP contribution in [0, 0.1) is 0 Å². The van der Waals surface area contributed by atoms with Crippen molar-refractivity contribution >= 4 is 6.41 Å². The number of carbonyl (C=O) groups is 1. The second-order valence-corrected chi connectivity index (χ2v) is 3.07. The molecule has 0 spiro atoms. The van der Waals surface area contributed by atoms with Gasteiger partial charge in [-0.1, -0.05) is 0 Å². The molecule has 1 aliphatic rings. The van der Waals surface area contributed by atoms with Gasteiger partial charge in [0.1, 0.15) is 0 Å². The lowest BCUT2D eigenvalue weighted by atomic mass is 10.1. The molecule has 0 N–H and O–H groups in total. The lowest BCUT2D eigenvalue weighted by Crippen LogP contribution is -2.30. The molecule has 0 radical (unpaired) electrons. The Balaban J connectivity index is 2.31. The van der Waals surface area contributed by atoms with Crippen LogP contribution in [0.3, 0.4) is 0 Å². The summed E-state index contributed by atoms with van der Waals surface area (Å²) in [5.41, 5.74) is 2.30. The molecule has 2 heterocycles. The fourth-order valence-corrected chi connectivity index (χ4v) is 1.53. The molecule has 0 aliphatic carbocycles. The van der Waals surface area contributed by atoms with Crippen LogP contribution in [0.5, 0.6) is 0 Å². The van der Waals surface area contributed by atoms with Gasteiger partial charge in [0.15, 0.2) is 0 Å². The third kappa shape index (κ3) is 0.995. The van der Waals surface area contributed by atoms with Crippen LogP contribution >= 0.6 is 0 Å². The first kappa shape index (κ1) is 7.34. The molecule has 1 aromatic rings. The summed E-state index contributed by atoms with van der Waals surface area (Å²) in [5, 5.41) is 0. The summed E-state index contributed by atoms with van der Waals surface area (Å²) in [5.74, 6) is 0. The van der Waals surface area contributed by atoms with E-state index in [1.165, 1.54) is 0 Å². The van der Waals surface area contributed by atoms with Crippen molar-refractivity contribution in [3.05, 3.63) is 17.7 Å². The van der Waals surface area contributed by atoms with Gasteiger partial charge in [-0.25, -0.2) is 4.98 Å². The molecule has 0 bridgehead atoms. The molecule has 1 aromatic heterocycles. The number of aryl methyl sites for hydroxylation is 1. The Morgan fingerprint density at radius 2 is 2.50 bits per heavy atom. The summed E-state index contributed by atoms with van der Waals surface area (Å²) in [6, 6.07) is 0. The van der Waals surface area contributed by atoms with Gasteiger partial charge < -0.3 is 9.47 Å². The zero-order valence-corrected chi connectivity index (χ0v) is 7.03.